The van der Waals surface area contributed by atoms with E-state index in [-0.39, 0.29) is 5.41 Å². The Morgan fingerprint density at radius 3 is 2.53 bits per heavy atom. The Labute approximate surface area is 120 Å². The van der Waals surface area contributed by atoms with Crippen LogP contribution in [0.15, 0.2) is 29.2 Å². The predicted molar refractivity (Wildman–Crippen MR) is 80.9 cm³/mol. The summed E-state index contributed by atoms with van der Waals surface area (Å²) in [7, 11) is 0. The van der Waals surface area contributed by atoms with E-state index in [2.05, 4.69) is 13.8 Å². The third kappa shape index (κ3) is 4.50. The number of hydrogen-bond acceptors (Lipinski definition) is 3. The van der Waals surface area contributed by atoms with Crippen molar-refractivity contribution in [3.8, 4) is 0 Å². The summed E-state index contributed by atoms with van der Waals surface area (Å²) in [5.41, 5.74) is 0.454. The lowest BCUT2D eigenvalue weighted by Gasteiger charge is -2.26. The second kappa shape index (κ2) is 8.16. The van der Waals surface area contributed by atoms with E-state index in [9.17, 15) is 9.59 Å². The number of benzene rings is 1. The molecule has 1 aromatic rings. The average Bonchev–Trinajstić information content (AvgIpc) is 2.48. The summed E-state index contributed by atoms with van der Waals surface area (Å²) in [4.78, 5) is 23.4. The average molecular weight is 278 g/mol. The van der Waals surface area contributed by atoms with Crippen LogP contribution in [0.25, 0.3) is 0 Å². The lowest BCUT2D eigenvalue weighted by atomic mass is 9.84. The van der Waals surface area contributed by atoms with E-state index in [1.54, 1.807) is 11.8 Å². The summed E-state index contributed by atoms with van der Waals surface area (Å²) in [6.45, 7) is 4.20. The topological polar surface area (TPSA) is 34.1 Å². The third-order valence-electron chi connectivity index (χ3n) is 3.54. The van der Waals surface area contributed by atoms with E-state index in [4.69, 9.17) is 0 Å². The first kappa shape index (κ1) is 16.0. The maximum Gasteiger partial charge on any atom is 0.151 e. The molecule has 1 rings (SSSR count). The summed E-state index contributed by atoms with van der Waals surface area (Å²) in [5, 5.41) is 0. The molecule has 0 aliphatic carbocycles. The second-order valence-electron chi connectivity index (χ2n) is 4.88. The van der Waals surface area contributed by atoms with Gasteiger partial charge < -0.3 is 4.79 Å². The number of aldehydes is 2. The highest BCUT2D eigenvalue weighted by Gasteiger charge is 2.27. The van der Waals surface area contributed by atoms with Crippen LogP contribution in [0, 0.1) is 5.41 Å². The molecular formula is C16H22O2S. The molecule has 104 valence electrons. The minimum atomic E-state index is -0.253. The van der Waals surface area contributed by atoms with Gasteiger partial charge in [0, 0.05) is 21.6 Å². The third-order valence-corrected chi connectivity index (χ3v) is 4.95. The molecule has 0 spiro atoms. The quantitative estimate of drug-likeness (QED) is 0.496. The number of thioether (sulfide) groups is 1. The Morgan fingerprint density at radius 1 is 1.21 bits per heavy atom. The second-order valence-corrected chi connectivity index (χ2v) is 5.90. The Balaban J connectivity index is 2.75. The number of carbonyl (C=O) groups excluding carboxylic acids is 2. The van der Waals surface area contributed by atoms with Gasteiger partial charge in [0.25, 0.3) is 0 Å². The van der Waals surface area contributed by atoms with E-state index in [1.807, 2.05) is 24.3 Å². The van der Waals surface area contributed by atoms with Crippen LogP contribution >= 0.6 is 11.8 Å². The van der Waals surface area contributed by atoms with Gasteiger partial charge in [-0.15, -0.1) is 11.8 Å². The fourth-order valence-electron chi connectivity index (χ4n) is 1.99. The van der Waals surface area contributed by atoms with Gasteiger partial charge in [-0.25, -0.2) is 0 Å². The first-order valence-corrected chi connectivity index (χ1v) is 7.83. The van der Waals surface area contributed by atoms with Gasteiger partial charge in [0.1, 0.15) is 6.29 Å². The van der Waals surface area contributed by atoms with Crippen molar-refractivity contribution in [3.05, 3.63) is 29.8 Å². The largest absolute Gasteiger partial charge is 0.303 e. The van der Waals surface area contributed by atoms with Crippen LogP contribution in [-0.2, 0) is 4.79 Å². The molecule has 0 aromatic heterocycles. The van der Waals surface area contributed by atoms with Crippen LogP contribution in [0.1, 0.15) is 49.9 Å². The summed E-state index contributed by atoms with van der Waals surface area (Å²) in [5.74, 6) is 0.748. The number of carbonyl (C=O) groups is 2. The lowest BCUT2D eigenvalue weighted by molar-refractivity contribution is -0.115. The van der Waals surface area contributed by atoms with Gasteiger partial charge in [-0.2, -0.15) is 0 Å². The molecule has 0 N–H and O–H groups in total. The van der Waals surface area contributed by atoms with E-state index in [0.717, 1.165) is 48.9 Å². The van der Waals surface area contributed by atoms with Gasteiger partial charge in [0.15, 0.2) is 6.29 Å². The Morgan fingerprint density at radius 2 is 1.95 bits per heavy atom. The number of rotatable bonds is 9. The van der Waals surface area contributed by atoms with E-state index in [0.29, 0.717) is 5.56 Å². The Hall–Kier alpha value is -1.09. The fourth-order valence-corrected chi connectivity index (χ4v) is 3.30. The molecule has 0 radical (unpaired) electrons. The molecule has 1 unspecified atom stereocenters. The van der Waals surface area contributed by atoms with Crippen LogP contribution in [0.2, 0.25) is 0 Å². The fraction of sp³-hybridized carbons (Fsp3) is 0.500. The highest BCUT2D eigenvalue weighted by Crippen LogP contribution is 2.34. The van der Waals surface area contributed by atoms with Crippen molar-refractivity contribution in [3.63, 3.8) is 0 Å². The maximum absolute atomic E-state index is 11.5. The van der Waals surface area contributed by atoms with Gasteiger partial charge in [-0.1, -0.05) is 44.9 Å². The SMILES string of the molecule is CCCCC(C=O)(CC)CSc1ccccc1C=O. The van der Waals surface area contributed by atoms with Gasteiger partial charge in [0.2, 0.25) is 0 Å². The molecule has 0 aliphatic heterocycles. The Bertz CT molecular complexity index is 417. The van der Waals surface area contributed by atoms with Crippen molar-refractivity contribution in [2.24, 2.45) is 5.41 Å². The summed E-state index contributed by atoms with van der Waals surface area (Å²) in [6.07, 6.45) is 5.95. The van der Waals surface area contributed by atoms with Crippen molar-refractivity contribution in [2.75, 3.05) is 5.75 Å². The van der Waals surface area contributed by atoms with Gasteiger partial charge >= 0.3 is 0 Å². The molecule has 3 heteroatoms. The van der Waals surface area contributed by atoms with E-state index in [1.165, 1.54) is 0 Å². The molecule has 0 saturated heterocycles. The predicted octanol–water partition coefficient (Wildman–Crippen LogP) is 4.38. The molecule has 1 aromatic carbocycles. The number of unbranched alkanes of at least 4 members (excludes halogenated alkanes) is 1. The first-order valence-electron chi connectivity index (χ1n) is 6.84. The minimum absolute atomic E-state index is 0.253. The number of hydrogen-bond donors (Lipinski definition) is 0. The molecular weight excluding hydrogens is 256 g/mol. The standard InChI is InChI=1S/C16H22O2S/c1-3-5-10-16(4-2,12-18)13-19-15-9-7-6-8-14(15)11-17/h6-9,11-12H,3-5,10,13H2,1-2H3. The highest BCUT2D eigenvalue weighted by molar-refractivity contribution is 7.99. The van der Waals surface area contributed by atoms with Crippen LogP contribution < -0.4 is 0 Å². The van der Waals surface area contributed by atoms with Crippen molar-refractivity contribution in [1.29, 1.82) is 0 Å². The highest BCUT2D eigenvalue weighted by atomic mass is 32.2. The summed E-state index contributed by atoms with van der Waals surface area (Å²) < 4.78 is 0. The zero-order valence-corrected chi connectivity index (χ0v) is 12.5. The van der Waals surface area contributed by atoms with Crippen molar-refractivity contribution >= 4 is 24.3 Å². The smallest absolute Gasteiger partial charge is 0.151 e. The molecule has 0 saturated carbocycles. The van der Waals surface area contributed by atoms with Crippen molar-refractivity contribution < 1.29 is 9.59 Å². The monoisotopic (exact) mass is 278 g/mol. The van der Waals surface area contributed by atoms with Crippen molar-refractivity contribution in [2.45, 2.75) is 44.4 Å². The molecule has 0 aliphatic rings. The molecule has 19 heavy (non-hydrogen) atoms. The molecule has 0 fully saturated rings. The maximum atomic E-state index is 11.5. The van der Waals surface area contributed by atoms with E-state index >= 15 is 0 Å². The van der Waals surface area contributed by atoms with Crippen LogP contribution in [-0.4, -0.2) is 18.3 Å². The van der Waals surface area contributed by atoms with Gasteiger partial charge in [0.05, 0.1) is 0 Å². The zero-order chi connectivity index (χ0) is 14.1. The molecule has 1 atom stereocenters. The van der Waals surface area contributed by atoms with Crippen LogP contribution in [0.5, 0.6) is 0 Å². The normalized spacial score (nSPS) is 13.8. The van der Waals surface area contributed by atoms with E-state index < -0.39 is 0 Å². The minimum Gasteiger partial charge on any atom is -0.303 e. The summed E-state index contributed by atoms with van der Waals surface area (Å²) >= 11 is 1.62. The lowest BCUT2D eigenvalue weighted by Crippen LogP contribution is -2.24. The zero-order valence-electron chi connectivity index (χ0n) is 11.7. The first-order chi connectivity index (χ1) is 9.21. The van der Waals surface area contributed by atoms with Crippen LogP contribution in [0.4, 0.5) is 0 Å². The summed E-state index contributed by atoms with van der Waals surface area (Å²) in [6, 6.07) is 7.54. The molecule has 2 nitrogen and oxygen atoms in total. The molecule has 0 amide bonds. The molecule has 0 heterocycles. The van der Waals surface area contributed by atoms with Crippen molar-refractivity contribution in [1.82, 2.24) is 0 Å². The molecule has 0 bridgehead atoms. The van der Waals surface area contributed by atoms with Gasteiger partial charge in [-0.3, -0.25) is 4.79 Å². The van der Waals surface area contributed by atoms with Crippen LogP contribution in [0.3, 0.4) is 0 Å². The Kier molecular flexibility index (Phi) is 6.85. The van der Waals surface area contributed by atoms with Gasteiger partial charge in [-0.05, 0) is 18.9 Å².